The lowest BCUT2D eigenvalue weighted by atomic mass is 10.7. The van der Waals surface area contributed by atoms with Crippen LogP contribution in [0, 0.1) is 0 Å². The van der Waals surface area contributed by atoms with Crippen LogP contribution in [0.4, 0.5) is 0 Å². The zero-order valence-electron chi connectivity index (χ0n) is 4.19. The Morgan fingerprint density at radius 2 is 2.57 bits per heavy atom. The van der Waals surface area contributed by atoms with Crippen molar-refractivity contribution in [2.24, 2.45) is 0 Å². The van der Waals surface area contributed by atoms with Crippen LogP contribution in [0.3, 0.4) is 0 Å². The topological polar surface area (TPSA) is 9.23 Å². The van der Waals surface area contributed by atoms with Gasteiger partial charge in [0.2, 0.25) is 0 Å². The van der Waals surface area contributed by atoms with Gasteiger partial charge in [-0.05, 0) is 0 Å². The average molecular weight is 137 g/mol. The summed E-state index contributed by atoms with van der Waals surface area (Å²) < 4.78 is 5.02. The van der Waals surface area contributed by atoms with Crippen molar-refractivity contribution in [3.63, 3.8) is 0 Å². The van der Waals surface area contributed by atoms with Crippen LogP contribution in [-0.2, 0) is 4.43 Å². The number of hydrogen-bond acceptors (Lipinski definition) is 1. The first-order valence-electron chi connectivity index (χ1n) is 2.16. The molecule has 0 rings (SSSR count). The SMILES string of the molecule is C=CCO[SiH2]CCl. The van der Waals surface area contributed by atoms with Crippen molar-refractivity contribution in [3.8, 4) is 0 Å². The highest BCUT2D eigenvalue weighted by Gasteiger charge is 1.78. The van der Waals surface area contributed by atoms with E-state index < -0.39 is 9.76 Å². The van der Waals surface area contributed by atoms with E-state index in [1.807, 2.05) is 0 Å². The lowest BCUT2D eigenvalue weighted by Crippen LogP contribution is -1.98. The maximum absolute atomic E-state index is 5.34. The number of halogens is 1. The quantitative estimate of drug-likeness (QED) is 0.236. The Morgan fingerprint density at radius 1 is 1.86 bits per heavy atom. The molecule has 0 aliphatic rings. The molecule has 0 aromatic carbocycles. The summed E-state index contributed by atoms with van der Waals surface area (Å²) in [5.41, 5.74) is 0.702. The highest BCUT2D eigenvalue weighted by Crippen LogP contribution is 1.73. The molecule has 0 aliphatic heterocycles. The lowest BCUT2D eigenvalue weighted by molar-refractivity contribution is 0.388. The minimum absolute atomic E-state index is 0.395. The molecule has 0 saturated carbocycles. The zero-order valence-corrected chi connectivity index (χ0v) is 6.36. The van der Waals surface area contributed by atoms with Crippen LogP contribution < -0.4 is 0 Å². The maximum atomic E-state index is 5.34. The summed E-state index contributed by atoms with van der Waals surface area (Å²) in [5, 5.41) is 0. The van der Waals surface area contributed by atoms with Gasteiger partial charge in [0.25, 0.3) is 0 Å². The van der Waals surface area contributed by atoms with E-state index in [1.54, 1.807) is 6.08 Å². The van der Waals surface area contributed by atoms with Gasteiger partial charge < -0.3 is 4.43 Å². The molecular formula is C4H9ClOSi. The smallest absolute Gasteiger partial charge is 0.176 e. The predicted molar refractivity (Wildman–Crippen MR) is 35.4 cm³/mol. The number of alkyl halides is 1. The molecule has 7 heavy (non-hydrogen) atoms. The fourth-order valence-electron chi connectivity index (χ4n) is 0.221. The van der Waals surface area contributed by atoms with Crippen LogP contribution in [0.15, 0.2) is 12.7 Å². The van der Waals surface area contributed by atoms with Gasteiger partial charge in [0, 0.05) is 5.50 Å². The van der Waals surface area contributed by atoms with E-state index in [-0.39, 0.29) is 0 Å². The Hall–Kier alpha value is 0.207. The Balaban J connectivity index is 2.56. The van der Waals surface area contributed by atoms with Crippen molar-refractivity contribution in [1.29, 1.82) is 0 Å². The van der Waals surface area contributed by atoms with Gasteiger partial charge in [-0.25, -0.2) is 0 Å². The van der Waals surface area contributed by atoms with Crippen molar-refractivity contribution in [3.05, 3.63) is 12.7 Å². The fourth-order valence-corrected chi connectivity index (χ4v) is 0.991. The Labute approximate surface area is 51.3 Å². The van der Waals surface area contributed by atoms with Gasteiger partial charge in [0.15, 0.2) is 9.76 Å². The van der Waals surface area contributed by atoms with E-state index in [9.17, 15) is 0 Å². The predicted octanol–water partition coefficient (Wildman–Crippen LogP) is 0.469. The van der Waals surface area contributed by atoms with Crippen molar-refractivity contribution in [2.75, 3.05) is 12.1 Å². The van der Waals surface area contributed by atoms with Crippen LogP contribution in [0.5, 0.6) is 0 Å². The molecule has 1 nitrogen and oxygen atoms in total. The van der Waals surface area contributed by atoms with Gasteiger partial charge in [-0.2, -0.15) is 0 Å². The minimum Gasteiger partial charge on any atom is -0.419 e. The summed E-state index contributed by atoms with van der Waals surface area (Å²) in [4.78, 5) is 0. The third kappa shape index (κ3) is 6.21. The number of rotatable bonds is 4. The second-order valence-corrected chi connectivity index (χ2v) is 3.38. The molecule has 0 fully saturated rings. The summed E-state index contributed by atoms with van der Waals surface area (Å²) in [5.74, 6) is 0. The molecule has 0 heterocycles. The molecule has 42 valence electrons. The van der Waals surface area contributed by atoms with Gasteiger partial charge in [0.05, 0.1) is 6.61 Å². The minimum atomic E-state index is -0.395. The van der Waals surface area contributed by atoms with Crippen LogP contribution in [0.25, 0.3) is 0 Å². The Bertz CT molecular complexity index is 49.0. The molecule has 0 aromatic rings. The maximum Gasteiger partial charge on any atom is 0.176 e. The molecule has 0 amide bonds. The second-order valence-electron chi connectivity index (χ2n) is 1.05. The van der Waals surface area contributed by atoms with Crippen molar-refractivity contribution < 1.29 is 4.43 Å². The van der Waals surface area contributed by atoms with Crippen LogP contribution in [-0.4, -0.2) is 21.9 Å². The van der Waals surface area contributed by atoms with Crippen LogP contribution in [0.1, 0.15) is 0 Å². The van der Waals surface area contributed by atoms with Crippen molar-refractivity contribution >= 4 is 21.4 Å². The molecular weight excluding hydrogens is 128 g/mol. The standard InChI is InChI=1S/C4H9ClOSi/c1-2-3-6-7-4-5/h2H,1,3-4,7H2. The lowest BCUT2D eigenvalue weighted by Gasteiger charge is -1.91. The van der Waals surface area contributed by atoms with E-state index in [1.165, 1.54) is 0 Å². The van der Waals surface area contributed by atoms with Gasteiger partial charge in [0.1, 0.15) is 0 Å². The van der Waals surface area contributed by atoms with Gasteiger partial charge >= 0.3 is 0 Å². The molecule has 0 aliphatic carbocycles. The first kappa shape index (κ1) is 7.21. The number of hydrogen-bond donors (Lipinski definition) is 0. The zero-order chi connectivity index (χ0) is 5.54. The highest BCUT2D eigenvalue weighted by atomic mass is 35.5. The Kier molecular flexibility index (Phi) is 6.39. The first-order valence-corrected chi connectivity index (χ1v) is 4.27. The van der Waals surface area contributed by atoms with Crippen molar-refractivity contribution in [1.82, 2.24) is 0 Å². The van der Waals surface area contributed by atoms with Gasteiger partial charge in [-0.15, -0.1) is 18.2 Å². The van der Waals surface area contributed by atoms with E-state index >= 15 is 0 Å². The van der Waals surface area contributed by atoms with E-state index in [0.29, 0.717) is 12.1 Å². The Morgan fingerprint density at radius 3 is 3.00 bits per heavy atom. The summed E-state index contributed by atoms with van der Waals surface area (Å²) >= 11 is 5.34. The van der Waals surface area contributed by atoms with Gasteiger partial charge in [-0.1, -0.05) is 6.08 Å². The molecule has 0 radical (unpaired) electrons. The fraction of sp³-hybridized carbons (Fsp3) is 0.500. The first-order chi connectivity index (χ1) is 3.41. The molecule has 0 saturated heterocycles. The molecule has 0 atom stereocenters. The molecule has 0 N–H and O–H groups in total. The van der Waals surface area contributed by atoms with Crippen molar-refractivity contribution in [2.45, 2.75) is 0 Å². The summed E-state index contributed by atoms with van der Waals surface area (Å²) in [6, 6.07) is 0. The largest absolute Gasteiger partial charge is 0.419 e. The second kappa shape index (κ2) is 6.21. The molecule has 0 bridgehead atoms. The average Bonchev–Trinajstić information content (AvgIpc) is 1.69. The monoisotopic (exact) mass is 136 g/mol. The van der Waals surface area contributed by atoms with Gasteiger partial charge in [-0.3, -0.25) is 0 Å². The molecule has 0 aromatic heterocycles. The summed E-state index contributed by atoms with van der Waals surface area (Å²) in [6.45, 7) is 4.15. The van der Waals surface area contributed by atoms with Crippen LogP contribution >= 0.6 is 11.6 Å². The summed E-state index contributed by atoms with van der Waals surface area (Å²) in [6.07, 6.45) is 1.74. The molecule has 0 unspecified atom stereocenters. The third-order valence-electron chi connectivity index (χ3n) is 0.457. The van der Waals surface area contributed by atoms with E-state index in [0.717, 1.165) is 0 Å². The molecule has 3 heteroatoms. The van der Waals surface area contributed by atoms with Crippen LogP contribution in [0.2, 0.25) is 0 Å². The normalized spacial score (nSPS) is 10.4. The summed E-state index contributed by atoms with van der Waals surface area (Å²) in [7, 11) is -0.395. The van der Waals surface area contributed by atoms with E-state index in [4.69, 9.17) is 16.0 Å². The molecule has 0 spiro atoms. The third-order valence-corrected chi connectivity index (χ3v) is 1.60. The highest BCUT2D eigenvalue weighted by molar-refractivity contribution is 6.45. The van der Waals surface area contributed by atoms with E-state index in [2.05, 4.69) is 6.58 Å².